The van der Waals surface area contributed by atoms with Crippen LogP contribution in [0, 0.1) is 6.92 Å². The first-order chi connectivity index (χ1) is 13.4. The quantitative estimate of drug-likeness (QED) is 0.751. The Hall–Kier alpha value is -2.42. The number of hydrogen-bond donors (Lipinski definition) is 1. The molecule has 0 aliphatic carbocycles. The molecule has 0 saturated carbocycles. The second-order valence-corrected chi connectivity index (χ2v) is 7.74. The van der Waals surface area contributed by atoms with Crippen LogP contribution in [-0.4, -0.2) is 61.6 Å². The Morgan fingerprint density at radius 1 is 1.29 bits per heavy atom. The molecule has 3 heterocycles. The van der Waals surface area contributed by atoms with Gasteiger partial charge in [0.25, 0.3) is 5.91 Å². The summed E-state index contributed by atoms with van der Waals surface area (Å²) >= 11 is 0. The van der Waals surface area contributed by atoms with Crippen molar-refractivity contribution in [1.82, 2.24) is 34.3 Å². The zero-order valence-corrected chi connectivity index (χ0v) is 17.3. The molecule has 0 radical (unpaired) electrons. The molecule has 0 aromatic carbocycles. The van der Waals surface area contributed by atoms with Gasteiger partial charge in [0.1, 0.15) is 5.82 Å². The van der Waals surface area contributed by atoms with Crippen molar-refractivity contribution >= 4 is 5.91 Å². The van der Waals surface area contributed by atoms with Crippen LogP contribution in [0.3, 0.4) is 0 Å². The SMILES string of the molecule is CCCn1ncc(C(=O)NC2CCc3nn(CCN(C)C)c(=O)n3CC2)c1C. The number of carbonyl (C=O) groups is 1. The van der Waals surface area contributed by atoms with Crippen LogP contribution < -0.4 is 11.0 Å². The highest BCUT2D eigenvalue weighted by Crippen LogP contribution is 2.14. The molecule has 2 aromatic rings. The first kappa shape index (κ1) is 20.3. The van der Waals surface area contributed by atoms with Gasteiger partial charge in [-0.15, -0.1) is 0 Å². The van der Waals surface area contributed by atoms with Crippen molar-refractivity contribution in [2.45, 2.75) is 65.2 Å². The van der Waals surface area contributed by atoms with Gasteiger partial charge in [0.05, 0.1) is 18.3 Å². The fraction of sp³-hybridized carbons (Fsp3) is 0.684. The van der Waals surface area contributed by atoms with Crippen molar-refractivity contribution in [3.05, 3.63) is 33.8 Å². The highest BCUT2D eigenvalue weighted by atomic mass is 16.2. The number of carbonyl (C=O) groups excluding carboxylic acids is 1. The third-order valence-corrected chi connectivity index (χ3v) is 5.29. The van der Waals surface area contributed by atoms with E-state index in [9.17, 15) is 9.59 Å². The summed E-state index contributed by atoms with van der Waals surface area (Å²) in [7, 11) is 3.96. The molecule has 1 N–H and O–H groups in total. The van der Waals surface area contributed by atoms with E-state index in [1.165, 1.54) is 0 Å². The number of rotatable bonds is 7. The van der Waals surface area contributed by atoms with E-state index in [4.69, 9.17) is 0 Å². The monoisotopic (exact) mass is 389 g/mol. The number of nitrogens with one attached hydrogen (secondary N) is 1. The van der Waals surface area contributed by atoms with Crippen molar-refractivity contribution in [2.75, 3.05) is 20.6 Å². The lowest BCUT2D eigenvalue weighted by molar-refractivity contribution is 0.0932. The number of nitrogens with zero attached hydrogens (tertiary/aromatic N) is 6. The third-order valence-electron chi connectivity index (χ3n) is 5.29. The normalized spacial score (nSPS) is 16.8. The zero-order chi connectivity index (χ0) is 20.3. The summed E-state index contributed by atoms with van der Waals surface area (Å²) in [5, 5.41) is 11.9. The summed E-state index contributed by atoms with van der Waals surface area (Å²) in [6.07, 6.45) is 4.80. The molecule has 1 aliphatic heterocycles. The van der Waals surface area contributed by atoms with Gasteiger partial charge < -0.3 is 10.2 Å². The molecule has 1 amide bonds. The molecule has 154 valence electrons. The number of likely N-dealkylation sites (N-methyl/N-ethyl adjacent to an activating group) is 1. The smallest absolute Gasteiger partial charge is 0.345 e. The molecule has 9 nitrogen and oxygen atoms in total. The average Bonchev–Trinajstić information content (AvgIpc) is 3.08. The Labute approximate surface area is 165 Å². The minimum Gasteiger partial charge on any atom is -0.349 e. The van der Waals surface area contributed by atoms with Gasteiger partial charge in [-0.2, -0.15) is 10.2 Å². The summed E-state index contributed by atoms with van der Waals surface area (Å²) in [5.74, 6) is 0.722. The van der Waals surface area contributed by atoms with Crippen LogP contribution in [0.4, 0.5) is 0 Å². The molecule has 0 fully saturated rings. The molecule has 0 spiro atoms. The predicted octanol–water partition coefficient (Wildman–Crippen LogP) is 0.656. The van der Waals surface area contributed by atoms with Gasteiger partial charge in [0, 0.05) is 37.8 Å². The number of aromatic nitrogens is 5. The molecule has 3 rings (SSSR count). The van der Waals surface area contributed by atoms with E-state index in [0.29, 0.717) is 25.1 Å². The Morgan fingerprint density at radius 2 is 2.07 bits per heavy atom. The molecule has 9 heteroatoms. The van der Waals surface area contributed by atoms with E-state index in [0.717, 1.165) is 43.9 Å². The van der Waals surface area contributed by atoms with Crippen LogP contribution in [0.15, 0.2) is 11.0 Å². The Balaban J connectivity index is 1.63. The molecular weight excluding hydrogens is 358 g/mol. The fourth-order valence-electron chi connectivity index (χ4n) is 3.58. The fourth-order valence-corrected chi connectivity index (χ4v) is 3.58. The maximum Gasteiger partial charge on any atom is 0.345 e. The summed E-state index contributed by atoms with van der Waals surface area (Å²) in [5.41, 5.74) is 1.46. The Morgan fingerprint density at radius 3 is 2.79 bits per heavy atom. The van der Waals surface area contributed by atoms with Gasteiger partial charge in [0.15, 0.2) is 0 Å². The second kappa shape index (κ2) is 8.72. The summed E-state index contributed by atoms with van der Waals surface area (Å²) < 4.78 is 5.18. The van der Waals surface area contributed by atoms with Crippen LogP contribution in [0.5, 0.6) is 0 Å². The standard InChI is InChI=1S/C19H31N7O2/c1-5-9-25-14(2)16(13-20-25)18(27)21-15-6-7-17-22-26(12-11-23(3)4)19(28)24(17)10-8-15/h13,15H,5-12H2,1-4H3,(H,21,27). The average molecular weight is 390 g/mol. The van der Waals surface area contributed by atoms with Crippen molar-refractivity contribution in [2.24, 2.45) is 0 Å². The van der Waals surface area contributed by atoms with Gasteiger partial charge in [-0.1, -0.05) is 6.92 Å². The van der Waals surface area contributed by atoms with E-state index < -0.39 is 0 Å². The predicted molar refractivity (Wildman–Crippen MR) is 106 cm³/mol. The van der Waals surface area contributed by atoms with Gasteiger partial charge in [-0.25, -0.2) is 9.48 Å². The van der Waals surface area contributed by atoms with Crippen molar-refractivity contribution in [3.63, 3.8) is 0 Å². The van der Waals surface area contributed by atoms with Gasteiger partial charge in [-0.3, -0.25) is 14.0 Å². The molecule has 1 atom stereocenters. The topological polar surface area (TPSA) is 90.0 Å². The van der Waals surface area contributed by atoms with Crippen LogP contribution in [-0.2, 0) is 26.1 Å². The summed E-state index contributed by atoms with van der Waals surface area (Å²) in [6.45, 7) is 6.77. The van der Waals surface area contributed by atoms with Crippen LogP contribution >= 0.6 is 0 Å². The van der Waals surface area contributed by atoms with E-state index in [2.05, 4.69) is 22.4 Å². The number of fused-ring (bicyclic) bond motifs is 1. The van der Waals surface area contributed by atoms with Crippen LogP contribution in [0.2, 0.25) is 0 Å². The van der Waals surface area contributed by atoms with E-state index in [-0.39, 0.29) is 17.6 Å². The molecule has 28 heavy (non-hydrogen) atoms. The molecule has 2 aromatic heterocycles. The Bertz CT molecular complexity index is 877. The molecule has 0 bridgehead atoms. The zero-order valence-electron chi connectivity index (χ0n) is 17.3. The first-order valence-corrected chi connectivity index (χ1v) is 10.0. The van der Waals surface area contributed by atoms with Crippen molar-refractivity contribution in [1.29, 1.82) is 0 Å². The number of aryl methyl sites for hydroxylation is 2. The third kappa shape index (κ3) is 4.35. The highest BCUT2D eigenvalue weighted by Gasteiger charge is 2.23. The lowest BCUT2D eigenvalue weighted by Crippen LogP contribution is -2.36. The second-order valence-electron chi connectivity index (χ2n) is 7.74. The summed E-state index contributed by atoms with van der Waals surface area (Å²) in [4.78, 5) is 27.3. The lowest BCUT2D eigenvalue weighted by Gasteiger charge is -2.16. The number of amides is 1. The molecule has 1 unspecified atom stereocenters. The maximum atomic E-state index is 12.7. The molecular formula is C19H31N7O2. The van der Waals surface area contributed by atoms with Crippen LogP contribution in [0.25, 0.3) is 0 Å². The van der Waals surface area contributed by atoms with Crippen molar-refractivity contribution in [3.8, 4) is 0 Å². The highest BCUT2D eigenvalue weighted by molar-refractivity contribution is 5.95. The van der Waals surface area contributed by atoms with Gasteiger partial charge in [0.2, 0.25) is 0 Å². The molecule has 1 aliphatic rings. The van der Waals surface area contributed by atoms with E-state index >= 15 is 0 Å². The van der Waals surface area contributed by atoms with E-state index in [1.54, 1.807) is 15.4 Å². The van der Waals surface area contributed by atoms with Gasteiger partial charge in [-0.05, 0) is 40.3 Å². The molecule has 0 saturated heterocycles. The largest absolute Gasteiger partial charge is 0.349 e. The first-order valence-electron chi connectivity index (χ1n) is 10.0. The van der Waals surface area contributed by atoms with E-state index in [1.807, 2.05) is 30.6 Å². The minimum atomic E-state index is -0.0900. The lowest BCUT2D eigenvalue weighted by atomic mass is 10.1. The van der Waals surface area contributed by atoms with Crippen molar-refractivity contribution < 1.29 is 4.79 Å². The minimum absolute atomic E-state index is 0.0257. The van der Waals surface area contributed by atoms with Gasteiger partial charge >= 0.3 is 5.69 Å². The number of hydrogen-bond acceptors (Lipinski definition) is 5. The Kier molecular flexibility index (Phi) is 6.33. The summed E-state index contributed by atoms with van der Waals surface area (Å²) in [6, 6.07) is 0.0257. The maximum absolute atomic E-state index is 12.7. The van der Waals surface area contributed by atoms with Crippen LogP contribution in [0.1, 0.15) is 48.1 Å².